The summed E-state index contributed by atoms with van der Waals surface area (Å²) in [4.78, 5) is 23.8. The molecule has 1 amide bonds. The molecule has 0 radical (unpaired) electrons. The van der Waals surface area contributed by atoms with Crippen LogP contribution in [-0.2, 0) is 4.74 Å². The van der Waals surface area contributed by atoms with Crippen LogP contribution in [0.3, 0.4) is 0 Å². The highest BCUT2D eigenvalue weighted by Gasteiger charge is 2.12. The number of hydrogen-bond acceptors (Lipinski definition) is 4. The Morgan fingerprint density at radius 2 is 1.74 bits per heavy atom. The van der Waals surface area contributed by atoms with Gasteiger partial charge in [0, 0.05) is 5.56 Å². The average molecular weight is 334 g/mol. The number of benzene rings is 2. The van der Waals surface area contributed by atoms with Crippen molar-refractivity contribution in [2.75, 3.05) is 19.0 Å². The lowest BCUT2D eigenvalue weighted by Crippen LogP contribution is -2.12. The smallest absolute Gasteiger partial charge is 0.338 e. The van der Waals surface area contributed by atoms with E-state index in [0.29, 0.717) is 22.6 Å². The van der Waals surface area contributed by atoms with Crippen LogP contribution in [0.15, 0.2) is 42.5 Å². The third-order valence-corrected chi connectivity index (χ3v) is 3.39. The maximum atomic E-state index is 12.2. The van der Waals surface area contributed by atoms with Crippen molar-refractivity contribution in [3.63, 3.8) is 0 Å². The minimum Gasteiger partial charge on any atom is -0.497 e. The number of methoxy groups -OCH3 is 1. The fourth-order valence-electron chi connectivity index (χ4n) is 1.89. The Kier molecular flexibility index (Phi) is 5.60. The number of carbonyl (C=O) groups excluding carboxylic acids is 2. The van der Waals surface area contributed by atoms with Crippen LogP contribution in [0.2, 0.25) is 5.02 Å². The number of carbonyl (C=O) groups is 2. The van der Waals surface area contributed by atoms with Crippen molar-refractivity contribution in [1.82, 2.24) is 0 Å². The van der Waals surface area contributed by atoms with E-state index in [1.165, 1.54) is 6.07 Å². The van der Waals surface area contributed by atoms with Gasteiger partial charge in [-0.15, -0.1) is 0 Å². The van der Waals surface area contributed by atoms with Crippen LogP contribution in [0.4, 0.5) is 5.69 Å². The molecular weight excluding hydrogens is 318 g/mol. The lowest BCUT2D eigenvalue weighted by Gasteiger charge is -2.09. The largest absolute Gasteiger partial charge is 0.497 e. The molecule has 5 nitrogen and oxygen atoms in total. The minimum atomic E-state index is -0.456. The maximum Gasteiger partial charge on any atom is 0.338 e. The number of halogens is 1. The van der Waals surface area contributed by atoms with Gasteiger partial charge >= 0.3 is 5.97 Å². The summed E-state index contributed by atoms with van der Waals surface area (Å²) >= 11 is 6.11. The second-order valence-electron chi connectivity index (χ2n) is 4.60. The molecule has 0 unspecified atom stereocenters. The van der Waals surface area contributed by atoms with Gasteiger partial charge in [-0.1, -0.05) is 11.6 Å². The number of nitrogens with one attached hydrogen (secondary N) is 1. The van der Waals surface area contributed by atoms with Crippen LogP contribution < -0.4 is 10.1 Å². The highest BCUT2D eigenvalue weighted by Crippen LogP contribution is 2.24. The molecule has 0 aromatic heterocycles. The van der Waals surface area contributed by atoms with Crippen LogP contribution in [-0.4, -0.2) is 25.6 Å². The molecular formula is C17H16ClNO4. The van der Waals surface area contributed by atoms with Gasteiger partial charge in [0.05, 0.1) is 30.0 Å². The van der Waals surface area contributed by atoms with Crippen molar-refractivity contribution in [2.45, 2.75) is 6.92 Å². The van der Waals surface area contributed by atoms with E-state index < -0.39 is 5.97 Å². The molecule has 0 heterocycles. The fourth-order valence-corrected chi connectivity index (χ4v) is 2.12. The predicted molar refractivity (Wildman–Crippen MR) is 88.4 cm³/mol. The molecule has 0 aliphatic rings. The Labute approximate surface area is 139 Å². The summed E-state index contributed by atoms with van der Waals surface area (Å²) in [5.41, 5.74) is 1.22. The van der Waals surface area contributed by atoms with Gasteiger partial charge in [-0.25, -0.2) is 4.79 Å². The van der Waals surface area contributed by atoms with E-state index in [1.807, 2.05) is 0 Å². The number of esters is 1. The first-order valence-corrected chi connectivity index (χ1v) is 7.35. The number of rotatable bonds is 5. The van der Waals surface area contributed by atoms with Crippen molar-refractivity contribution in [3.8, 4) is 5.75 Å². The minimum absolute atomic E-state index is 0.261. The third kappa shape index (κ3) is 4.23. The molecule has 2 rings (SSSR count). The Balaban J connectivity index is 2.12. The van der Waals surface area contributed by atoms with Gasteiger partial charge in [0.25, 0.3) is 5.91 Å². The lowest BCUT2D eigenvalue weighted by atomic mass is 10.1. The van der Waals surface area contributed by atoms with Crippen molar-refractivity contribution < 1.29 is 19.1 Å². The lowest BCUT2D eigenvalue weighted by molar-refractivity contribution is 0.0526. The summed E-state index contributed by atoms with van der Waals surface area (Å²) in [6.45, 7) is 2.01. The molecule has 2 aromatic rings. The maximum absolute atomic E-state index is 12.2. The molecule has 0 aliphatic carbocycles. The van der Waals surface area contributed by atoms with Gasteiger partial charge < -0.3 is 14.8 Å². The number of anilines is 1. The molecule has 0 saturated heterocycles. The van der Waals surface area contributed by atoms with Gasteiger partial charge in [0.2, 0.25) is 0 Å². The van der Waals surface area contributed by atoms with Crippen LogP contribution >= 0.6 is 11.6 Å². The van der Waals surface area contributed by atoms with E-state index in [-0.39, 0.29) is 17.5 Å². The predicted octanol–water partition coefficient (Wildman–Crippen LogP) is 3.78. The molecule has 2 aromatic carbocycles. The first kappa shape index (κ1) is 16.8. The number of ether oxygens (including phenoxy) is 2. The molecule has 0 atom stereocenters. The monoisotopic (exact) mass is 333 g/mol. The van der Waals surface area contributed by atoms with Crippen molar-refractivity contribution in [1.29, 1.82) is 0 Å². The molecule has 6 heteroatoms. The standard InChI is InChI=1S/C17H16ClNO4/c1-3-23-17(21)12-6-9-15(14(18)10-12)19-16(20)11-4-7-13(22-2)8-5-11/h4-10H,3H2,1-2H3,(H,19,20). The molecule has 0 saturated carbocycles. The molecule has 0 bridgehead atoms. The quantitative estimate of drug-likeness (QED) is 0.846. The average Bonchev–Trinajstić information content (AvgIpc) is 2.56. The summed E-state index contributed by atoms with van der Waals surface area (Å²) < 4.78 is 9.94. The van der Waals surface area contributed by atoms with E-state index >= 15 is 0 Å². The summed E-state index contributed by atoms with van der Waals surface area (Å²) in [5.74, 6) is -0.0979. The normalized spacial score (nSPS) is 10.0. The Bertz CT molecular complexity index is 713. The first-order chi connectivity index (χ1) is 11.0. The van der Waals surface area contributed by atoms with Crippen LogP contribution in [0, 0.1) is 0 Å². The van der Waals surface area contributed by atoms with Crippen molar-refractivity contribution >= 4 is 29.2 Å². The number of hydrogen-bond donors (Lipinski definition) is 1. The Morgan fingerprint density at radius 3 is 2.30 bits per heavy atom. The third-order valence-electron chi connectivity index (χ3n) is 3.08. The fraction of sp³-hybridized carbons (Fsp3) is 0.176. The van der Waals surface area contributed by atoms with E-state index in [4.69, 9.17) is 21.1 Å². The van der Waals surface area contributed by atoms with Gasteiger partial charge in [-0.2, -0.15) is 0 Å². The highest BCUT2D eigenvalue weighted by molar-refractivity contribution is 6.34. The molecule has 120 valence electrons. The zero-order valence-corrected chi connectivity index (χ0v) is 13.5. The summed E-state index contributed by atoms with van der Waals surface area (Å²) in [6.07, 6.45) is 0. The van der Waals surface area contributed by atoms with Crippen LogP contribution in [0.1, 0.15) is 27.6 Å². The SMILES string of the molecule is CCOC(=O)c1ccc(NC(=O)c2ccc(OC)cc2)c(Cl)c1. The van der Waals surface area contributed by atoms with Gasteiger partial charge in [-0.3, -0.25) is 4.79 Å². The summed E-state index contributed by atoms with van der Waals surface area (Å²) in [6, 6.07) is 11.3. The Morgan fingerprint density at radius 1 is 1.09 bits per heavy atom. The topological polar surface area (TPSA) is 64.6 Å². The molecule has 0 fully saturated rings. The summed E-state index contributed by atoms with van der Waals surface area (Å²) in [7, 11) is 1.56. The van der Waals surface area contributed by atoms with E-state index in [2.05, 4.69) is 5.32 Å². The zero-order chi connectivity index (χ0) is 16.8. The second-order valence-corrected chi connectivity index (χ2v) is 5.00. The highest BCUT2D eigenvalue weighted by atomic mass is 35.5. The second kappa shape index (κ2) is 7.65. The van der Waals surface area contributed by atoms with Gasteiger partial charge in [-0.05, 0) is 49.4 Å². The molecule has 0 aliphatic heterocycles. The van der Waals surface area contributed by atoms with Crippen molar-refractivity contribution in [2.24, 2.45) is 0 Å². The van der Waals surface area contributed by atoms with E-state index in [0.717, 1.165) is 0 Å². The molecule has 1 N–H and O–H groups in total. The Hall–Kier alpha value is -2.53. The molecule has 0 spiro atoms. The van der Waals surface area contributed by atoms with E-state index in [1.54, 1.807) is 50.4 Å². The van der Waals surface area contributed by atoms with Gasteiger partial charge in [0.15, 0.2) is 0 Å². The van der Waals surface area contributed by atoms with E-state index in [9.17, 15) is 9.59 Å². The van der Waals surface area contributed by atoms with Crippen LogP contribution in [0.5, 0.6) is 5.75 Å². The first-order valence-electron chi connectivity index (χ1n) is 6.97. The zero-order valence-electron chi connectivity index (χ0n) is 12.8. The summed E-state index contributed by atoms with van der Waals surface area (Å²) in [5, 5.41) is 2.96. The van der Waals surface area contributed by atoms with Gasteiger partial charge in [0.1, 0.15) is 5.75 Å². The molecule has 23 heavy (non-hydrogen) atoms. The number of amides is 1. The van der Waals surface area contributed by atoms with Crippen LogP contribution in [0.25, 0.3) is 0 Å². The van der Waals surface area contributed by atoms with Crippen molar-refractivity contribution in [3.05, 3.63) is 58.6 Å².